The molecule has 1 aromatic heterocycles. The molecule has 0 amide bonds. The van der Waals surface area contributed by atoms with Crippen LogP contribution in [0.2, 0.25) is 0 Å². The summed E-state index contributed by atoms with van der Waals surface area (Å²) in [6, 6.07) is 0. The molecule has 0 aromatic carbocycles. The predicted molar refractivity (Wildman–Crippen MR) is 79.6 cm³/mol. The van der Waals surface area contributed by atoms with Gasteiger partial charge < -0.3 is 4.90 Å². The normalized spacial score (nSPS) is 9.58. The maximum Gasteiger partial charge on any atom is 0.251 e. The first-order valence-corrected chi connectivity index (χ1v) is 6.24. The largest absolute Gasteiger partial charge is 0.341 e. The highest BCUT2D eigenvalue weighted by Gasteiger charge is 2.08. The van der Waals surface area contributed by atoms with Crippen molar-refractivity contribution in [1.82, 2.24) is 15.0 Å². The molecule has 0 radical (unpaired) electrons. The molecule has 0 fully saturated rings. The molecule has 1 heterocycles. The second kappa shape index (κ2) is 10.5. The molecule has 0 atom stereocenters. The van der Waals surface area contributed by atoms with Gasteiger partial charge in [0.2, 0.25) is 5.95 Å². The van der Waals surface area contributed by atoms with Crippen LogP contribution in [0.25, 0.3) is 0 Å². The van der Waals surface area contributed by atoms with E-state index in [1.807, 2.05) is 0 Å². The summed E-state index contributed by atoms with van der Waals surface area (Å²) in [7, 11) is 0. The molecule has 0 unspecified atom stereocenters. The lowest BCUT2D eigenvalue weighted by molar-refractivity contribution is 0.225. The van der Waals surface area contributed by atoms with Gasteiger partial charge >= 0.3 is 0 Å². The number of hydrogen-bond donors (Lipinski definition) is 1. The number of nitrogens with one attached hydrogen (secondary N) is 1. The van der Waals surface area contributed by atoms with E-state index in [9.17, 15) is 0 Å². The predicted octanol–water partition coefficient (Wildman–Crippen LogP) is 2.45. The first kappa shape index (κ1) is 17.6. The van der Waals surface area contributed by atoms with E-state index < -0.39 is 0 Å². The van der Waals surface area contributed by atoms with E-state index in [0.717, 1.165) is 25.9 Å². The van der Waals surface area contributed by atoms with Crippen molar-refractivity contribution in [2.24, 2.45) is 0 Å². The number of anilines is 2. The molecule has 1 N–H and O–H groups in total. The zero-order valence-corrected chi connectivity index (χ0v) is 12.3. The van der Waals surface area contributed by atoms with Crippen LogP contribution in [0.4, 0.5) is 11.9 Å². The number of halogens is 1. The van der Waals surface area contributed by atoms with Crippen molar-refractivity contribution in [3.63, 3.8) is 0 Å². The van der Waals surface area contributed by atoms with Crippen molar-refractivity contribution in [3.05, 3.63) is 19.0 Å². The van der Waals surface area contributed by atoms with Gasteiger partial charge in [0, 0.05) is 13.1 Å². The molecule has 7 heteroatoms. The average molecular weight is 288 g/mol. The minimum atomic E-state index is 0. The van der Waals surface area contributed by atoms with E-state index in [-0.39, 0.29) is 12.4 Å². The van der Waals surface area contributed by atoms with Gasteiger partial charge in [-0.15, -0.1) is 19.0 Å². The van der Waals surface area contributed by atoms with Crippen LogP contribution >= 0.6 is 12.4 Å². The molecular weight excluding hydrogens is 266 g/mol. The van der Waals surface area contributed by atoms with Crippen LogP contribution in [0.15, 0.2) is 19.0 Å². The van der Waals surface area contributed by atoms with Crippen molar-refractivity contribution in [2.75, 3.05) is 30.1 Å². The summed E-state index contributed by atoms with van der Waals surface area (Å²) < 4.78 is 0. The molecule has 0 saturated heterocycles. The Morgan fingerprint density at radius 1 is 1.32 bits per heavy atom. The van der Waals surface area contributed by atoms with Gasteiger partial charge in [-0.2, -0.15) is 9.97 Å². The van der Waals surface area contributed by atoms with Gasteiger partial charge in [-0.05, 0) is 12.8 Å². The summed E-state index contributed by atoms with van der Waals surface area (Å²) in [5.74, 6) is 1.09. The van der Waals surface area contributed by atoms with Crippen LogP contribution < -0.4 is 10.4 Å². The summed E-state index contributed by atoms with van der Waals surface area (Å²) in [5, 5.41) is 0. The zero-order chi connectivity index (χ0) is 13.2. The molecule has 0 bridgehead atoms. The first-order chi connectivity index (χ1) is 8.81. The van der Waals surface area contributed by atoms with Gasteiger partial charge in [-0.3, -0.25) is 4.84 Å². The second-order valence-corrected chi connectivity index (χ2v) is 3.80. The van der Waals surface area contributed by atoms with Crippen molar-refractivity contribution in [1.29, 1.82) is 0 Å². The van der Waals surface area contributed by atoms with E-state index in [1.54, 1.807) is 6.08 Å². The van der Waals surface area contributed by atoms with E-state index in [0.29, 0.717) is 18.5 Å². The van der Waals surface area contributed by atoms with E-state index in [1.165, 1.54) is 6.33 Å². The molecule has 1 aromatic rings. The first-order valence-electron chi connectivity index (χ1n) is 6.24. The molecular formula is C12H22ClN5O. The molecule has 0 aliphatic rings. The molecule has 0 aliphatic heterocycles. The van der Waals surface area contributed by atoms with Crippen LogP contribution in [0.3, 0.4) is 0 Å². The summed E-state index contributed by atoms with van der Waals surface area (Å²) in [6.45, 7) is 10.1. The van der Waals surface area contributed by atoms with Gasteiger partial charge in [0.05, 0.1) is 6.61 Å². The molecule has 0 aliphatic carbocycles. The molecule has 0 spiro atoms. The summed E-state index contributed by atoms with van der Waals surface area (Å²) in [6.07, 6.45) is 5.25. The molecule has 6 nitrogen and oxygen atoms in total. The second-order valence-electron chi connectivity index (χ2n) is 3.80. The monoisotopic (exact) mass is 287 g/mol. The molecule has 19 heavy (non-hydrogen) atoms. The van der Waals surface area contributed by atoms with E-state index >= 15 is 0 Å². The quantitative estimate of drug-likeness (QED) is 0.428. The fraction of sp³-hybridized carbons (Fsp3) is 0.583. The molecule has 0 saturated carbocycles. The lowest BCUT2D eigenvalue weighted by atomic mass is 10.4. The summed E-state index contributed by atoms with van der Waals surface area (Å²) in [4.78, 5) is 19.7. The zero-order valence-electron chi connectivity index (χ0n) is 11.5. The Labute approximate surface area is 120 Å². The van der Waals surface area contributed by atoms with Crippen LogP contribution in [-0.4, -0.2) is 34.6 Å². The Morgan fingerprint density at radius 2 is 2.00 bits per heavy atom. The highest BCUT2D eigenvalue weighted by Crippen LogP contribution is 2.09. The fourth-order valence-corrected chi connectivity index (χ4v) is 1.51. The van der Waals surface area contributed by atoms with E-state index in [2.05, 4.69) is 45.8 Å². The Hall–Kier alpha value is -1.40. The number of aromatic nitrogens is 3. The SMILES string of the molecule is C=CCONc1ncnc(N(CCC)CCC)n1.Cl. The number of rotatable bonds is 9. The smallest absolute Gasteiger partial charge is 0.251 e. The summed E-state index contributed by atoms with van der Waals surface area (Å²) in [5.41, 5.74) is 2.66. The van der Waals surface area contributed by atoms with Gasteiger partial charge in [-0.25, -0.2) is 10.5 Å². The van der Waals surface area contributed by atoms with E-state index in [4.69, 9.17) is 4.84 Å². The van der Waals surface area contributed by atoms with Crippen LogP contribution in [0, 0.1) is 0 Å². The van der Waals surface area contributed by atoms with Crippen LogP contribution in [0.1, 0.15) is 26.7 Å². The Kier molecular flexibility index (Phi) is 9.74. The third kappa shape index (κ3) is 6.35. The Balaban J connectivity index is 0.00000324. The number of nitrogens with zero attached hydrogens (tertiary/aromatic N) is 4. The maximum absolute atomic E-state index is 5.08. The minimum absolute atomic E-state index is 0. The van der Waals surface area contributed by atoms with Gasteiger partial charge in [0.15, 0.2) is 0 Å². The summed E-state index contributed by atoms with van der Waals surface area (Å²) >= 11 is 0. The van der Waals surface area contributed by atoms with Crippen molar-refractivity contribution < 1.29 is 4.84 Å². The lowest BCUT2D eigenvalue weighted by Crippen LogP contribution is -2.27. The van der Waals surface area contributed by atoms with Crippen LogP contribution in [-0.2, 0) is 4.84 Å². The van der Waals surface area contributed by atoms with Crippen molar-refractivity contribution in [3.8, 4) is 0 Å². The van der Waals surface area contributed by atoms with Crippen molar-refractivity contribution >= 4 is 24.3 Å². The topological polar surface area (TPSA) is 63.2 Å². The highest BCUT2D eigenvalue weighted by atomic mass is 35.5. The van der Waals surface area contributed by atoms with Crippen molar-refractivity contribution in [2.45, 2.75) is 26.7 Å². The van der Waals surface area contributed by atoms with Gasteiger partial charge in [0.1, 0.15) is 6.33 Å². The Morgan fingerprint density at radius 3 is 2.58 bits per heavy atom. The lowest BCUT2D eigenvalue weighted by Gasteiger charge is -2.21. The third-order valence-electron chi connectivity index (χ3n) is 2.19. The maximum atomic E-state index is 5.08. The van der Waals surface area contributed by atoms with Crippen LogP contribution in [0.5, 0.6) is 0 Å². The average Bonchev–Trinajstić information content (AvgIpc) is 2.39. The standard InChI is InChI=1S/C12H21N5O.ClH/c1-4-7-17(8-5-2)12-14-10-13-11(15-12)16-18-9-6-3;/h6,10H,3-5,7-9H2,1-2H3,(H,13,14,15,16);1H. The highest BCUT2D eigenvalue weighted by molar-refractivity contribution is 5.85. The van der Waals surface area contributed by atoms with Gasteiger partial charge in [-0.1, -0.05) is 19.9 Å². The number of hydrogen-bond acceptors (Lipinski definition) is 6. The third-order valence-corrected chi connectivity index (χ3v) is 2.19. The Bertz CT molecular complexity index is 358. The molecule has 1 rings (SSSR count). The van der Waals surface area contributed by atoms with Gasteiger partial charge in [0.25, 0.3) is 5.95 Å². The minimum Gasteiger partial charge on any atom is -0.341 e. The fourth-order valence-electron chi connectivity index (χ4n) is 1.51. The molecule has 108 valence electrons.